The van der Waals surface area contributed by atoms with Gasteiger partial charge in [-0.1, -0.05) is 42.5 Å². The van der Waals surface area contributed by atoms with E-state index in [1.54, 1.807) is 61.5 Å². The first kappa shape index (κ1) is 13.5. The summed E-state index contributed by atoms with van der Waals surface area (Å²) < 4.78 is 14.6. The number of hydrogen-bond donors (Lipinski definition) is 0. The number of fused-ring (bicyclic) bond motifs is 1. The second-order valence-corrected chi connectivity index (χ2v) is 5.08. The summed E-state index contributed by atoms with van der Waals surface area (Å²) in [5.74, 6) is -0.858. The molecule has 1 aliphatic rings. The van der Waals surface area contributed by atoms with Gasteiger partial charge in [-0.05, 0) is 24.6 Å². The smallest absolute Gasteiger partial charge is 0.261 e. The molecule has 0 aliphatic carbocycles. The number of carbonyl (C=O) groups excluding carboxylic acids is 2. The van der Waals surface area contributed by atoms with Gasteiger partial charge in [0.05, 0.1) is 17.2 Å². The fourth-order valence-electron chi connectivity index (χ4n) is 2.62. The molecule has 106 valence electrons. The first-order chi connectivity index (χ1) is 10.1. The highest BCUT2D eigenvalue weighted by Gasteiger charge is 2.41. The minimum absolute atomic E-state index is 0.342. The van der Waals surface area contributed by atoms with Crippen LogP contribution in [0.1, 0.15) is 39.4 Å². The third kappa shape index (κ3) is 2.13. The van der Waals surface area contributed by atoms with Crippen LogP contribution in [0.3, 0.4) is 0 Å². The summed E-state index contributed by atoms with van der Waals surface area (Å²) in [6.07, 6.45) is -1.41. The zero-order valence-electron chi connectivity index (χ0n) is 11.5. The van der Waals surface area contributed by atoms with Gasteiger partial charge in [0.25, 0.3) is 11.8 Å². The van der Waals surface area contributed by atoms with Gasteiger partial charge in [-0.3, -0.25) is 14.5 Å². The van der Waals surface area contributed by atoms with Crippen LogP contribution in [-0.2, 0) is 0 Å². The number of benzene rings is 2. The predicted molar refractivity (Wildman–Crippen MR) is 76.7 cm³/mol. The Morgan fingerprint density at radius 3 is 1.86 bits per heavy atom. The SMILES string of the molecule is CC(C(F)c1ccccc1)N1C(=O)c2ccccc2C1=O. The molecule has 0 bridgehead atoms. The van der Waals surface area contributed by atoms with Gasteiger partial charge in [-0.15, -0.1) is 0 Å². The molecule has 3 rings (SSSR count). The summed E-state index contributed by atoms with van der Waals surface area (Å²) in [7, 11) is 0. The van der Waals surface area contributed by atoms with Crippen molar-refractivity contribution in [3.05, 3.63) is 71.3 Å². The Bertz CT molecular complexity index is 664. The summed E-state index contributed by atoms with van der Waals surface area (Å²) in [6.45, 7) is 1.55. The van der Waals surface area contributed by atoms with Crippen LogP contribution in [0.15, 0.2) is 54.6 Å². The lowest BCUT2D eigenvalue weighted by Crippen LogP contribution is -2.40. The van der Waals surface area contributed by atoms with Crippen LogP contribution >= 0.6 is 0 Å². The molecule has 0 fully saturated rings. The Hall–Kier alpha value is -2.49. The lowest BCUT2D eigenvalue weighted by atomic mass is 10.0. The summed E-state index contributed by atoms with van der Waals surface area (Å²) in [5.41, 5.74) is 1.14. The minimum Gasteiger partial charge on any atom is -0.269 e. The van der Waals surface area contributed by atoms with E-state index in [-0.39, 0.29) is 0 Å². The van der Waals surface area contributed by atoms with Crippen molar-refractivity contribution in [2.75, 3.05) is 0 Å². The Labute approximate surface area is 122 Å². The van der Waals surface area contributed by atoms with Crippen molar-refractivity contribution < 1.29 is 14.0 Å². The summed E-state index contributed by atoms with van der Waals surface area (Å²) in [6, 6.07) is 14.3. The molecule has 3 nitrogen and oxygen atoms in total. The average molecular weight is 283 g/mol. The van der Waals surface area contributed by atoms with E-state index in [0.717, 1.165) is 4.90 Å². The fraction of sp³-hybridized carbons (Fsp3) is 0.176. The molecule has 0 aromatic heterocycles. The normalized spacial score (nSPS) is 16.8. The molecule has 0 N–H and O–H groups in total. The summed E-state index contributed by atoms with van der Waals surface area (Å²) in [5, 5.41) is 0. The maximum atomic E-state index is 14.6. The molecule has 2 aromatic carbocycles. The van der Waals surface area contributed by atoms with Gasteiger partial charge < -0.3 is 0 Å². The number of halogens is 1. The Kier molecular flexibility index (Phi) is 3.29. The number of nitrogens with zero attached hydrogens (tertiary/aromatic N) is 1. The summed E-state index contributed by atoms with van der Waals surface area (Å²) in [4.78, 5) is 25.7. The molecule has 21 heavy (non-hydrogen) atoms. The van der Waals surface area contributed by atoms with Gasteiger partial charge in [0, 0.05) is 0 Å². The van der Waals surface area contributed by atoms with Crippen molar-refractivity contribution >= 4 is 11.8 Å². The van der Waals surface area contributed by atoms with E-state index in [1.807, 2.05) is 0 Å². The van der Waals surface area contributed by atoms with Gasteiger partial charge in [-0.2, -0.15) is 0 Å². The summed E-state index contributed by atoms with van der Waals surface area (Å²) >= 11 is 0. The maximum absolute atomic E-state index is 14.6. The zero-order chi connectivity index (χ0) is 15.0. The van der Waals surface area contributed by atoms with Crippen molar-refractivity contribution in [3.8, 4) is 0 Å². The quantitative estimate of drug-likeness (QED) is 0.810. The number of carbonyl (C=O) groups is 2. The van der Waals surface area contributed by atoms with E-state index in [2.05, 4.69) is 0 Å². The highest BCUT2D eigenvalue weighted by molar-refractivity contribution is 6.21. The van der Waals surface area contributed by atoms with E-state index in [4.69, 9.17) is 0 Å². The third-order valence-corrected chi connectivity index (χ3v) is 3.77. The molecule has 2 aromatic rings. The van der Waals surface area contributed by atoms with Crippen LogP contribution in [0, 0.1) is 0 Å². The molecule has 2 unspecified atom stereocenters. The van der Waals surface area contributed by atoms with Crippen LogP contribution in [-0.4, -0.2) is 22.8 Å². The van der Waals surface area contributed by atoms with Crippen LogP contribution in [0.25, 0.3) is 0 Å². The number of amides is 2. The van der Waals surface area contributed by atoms with Gasteiger partial charge in [0.1, 0.15) is 6.17 Å². The first-order valence-corrected chi connectivity index (χ1v) is 6.77. The van der Waals surface area contributed by atoms with Gasteiger partial charge in [-0.25, -0.2) is 4.39 Å². The van der Waals surface area contributed by atoms with Crippen molar-refractivity contribution in [1.29, 1.82) is 0 Å². The third-order valence-electron chi connectivity index (χ3n) is 3.77. The number of alkyl halides is 1. The van der Waals surface area contributed by atoms with E-state index < -0.39 is 24.0 Å². The Balaban J connectivity index is 1.92. The molecule has 2 atom stereocenters. The highest BCUT2D eigenvalue weighted by Crippen LogP contribution is 2.31. The second-order valence-electron chi connectivity index (χ2n) is 5.08. The monoisotopic (exact) mass is 283 g/mol. The largest absolute Gasteiger partial charge is 0.269 e. The van der Waals surface area contributed by atoms with Gasteiger partial charge in [0.2, 0.25) is 0 Å². The molecule has 0 radical (unpaired) electrons. The number of imide groups is 1. The van der Waals surface area contributed by atoms with Crippen molar-refractivity contribution in [2.45, 2.75) is 19.1 Å². The molecular weight excluding hydrogens is 269 g/mol. The van der Waals surface area contributed by atoms with Crippen molar-refractivity contribution in [3.63, 3.8) is 0 Å². The Morgan fingerprint density at radius 1 is 0.857 bits per heavy atom. The molecular formula is C17H14FNO2. The lowest BCUT2D eigenvalue weighted by Gasteiger charge is -2.25. The molecule has 1 heterocycles. The molecule has 0 spiro atoms. The average Bonchev–Trinajstić information content (AvgIpc) is 2.79. The number of hydrogen-bond acceptors (Lipinski definition) is 2. The molecule has 0 saturated heterocycles. The number of rotatable bonds is 3. The second kappa shape index (κ2) is 5.13. The van der Waals surface area contributed by atoms with E-state index in [1.165, 1.54) is 0 Å². The molecule has 2 amide bonds. The van der Waals surface area contributed by atoms with E-state index in [0.29, 0.717) is 16.7 Å². The van der Waals surface area contributed by atoms with Crippen molar-refractivity contribution in [2.24, 2.45) is 0 Å². The maximum Gasteiger partial charge on any atom is 0.261 e. The topological polar surface area (TPSA) is 37.4 Å². The van der Waals surface area contributed by atoms with Crippen LogP contribution in [0.5, 0.6) is 0 Å². The van der Waals surface area contributed by atoms with Gasteiger partial charge in [0.15, 0.2) is 0 Å². The Morgan fingerprint density at radius 2 is 1.33 bits per heavy atom. The standard InChI is InChI=1S/C17H14FNO2/c1-11(15(18)12-7-3-2-4-8-12)19-16(20)13-9-5-6-10-14(13)17(19)21/h2-11,15H,1H3. The van der Waals surface area contributed by atoms with Crippen LogP contribution in [0.2, 0.25) is 0 Å². The zero-order valence-corrected chi connectivity index (χ0v) is 11.5. The van der Waals surface area contributed by atoms with Gasteiger partial charge >= 0.3 is 0 Å². The first-order valence-electron chi connectivity index (χ1n) is 6.77. The molecule has 4 heteroatoms. The van der Waals surface area contributed by atoms with Crippen LogP contribution in [0.4, 0.5) is 4.39 Å². The fourth-order valence-corrected chi connectivity index (χ4v) is 2.62. The van der Waals surface area contributed by atoms with Crippen molar-refractivity contribution in [1.82, 2.24) is 4.90 Å². The van der Waals surface area contributed by atoms with E-state index in [9.17, 15) is 14.0 Å². The molecule has 0 saturated carbocycles. The molecule has 1 aliphatic heterocycles. The lowest BCUT2D eigenvalue weighted by molar-refractivity contribution is 0.0510. The van der Waals surface area contributed by atoms with E-state index >= 15 is 0 Å². The minimum atomic E-state index is -1.41. The predicted octanol–water partition coefficient (Wildman–Crippen LogP) is 3.38. The van der Waals surface area contributed by atoms with Crippen LogP contribution < -0.4 is 0 Å². The highest BCUT2D eigenvalue weighted by atomic mass is 19.1.